The Labute approximate surface area is 301 Å². The van der Waals surface area contributed by atoms with Crippen molar-refractivity contribution in [2.45, 2.75) is 96.7 Å². The van der Waals surface area contributed by atoms with E-state index in [2.05, 4.69) is 52.4 Å². The number of benzene rings is 2. The number of nitrogens with one attached hydrogen (secondary N) is 1. The molecular weight excluding hydrogens is 663 g/mol. The Hall–Kier alpha value is -4.58. The number of carbonyl (C=O) groups is 1. The van der Waals surface area contributed by atoms with Gasteiger partial charge in [-0.3, -0.25) is 9.78 Å². The Morgan fingerprint density at radius 3 is 2.43 bits per heavy atom. The number of carbonyl (C=O) groups excluding carboxylic acids is 1. The van der Waals surface area contributed by atoms with Gasteiger partial charge in [-0.15, -0.1) is 0 Å². The summed E-state index contributed by atoms with van der Waals surface area (Å²) in [6.45, 7) is 10.8. The van der Waals surface area contributed by atoms with Crippen molar-refractivity contribution < 1.29 is 17.9 Å². The molecule has 2 aromatic carbocycles. The average Bonchev–Trinajstić information content (AvgIpc) is 3.87. The number of sulfonamides is 1. The monoisotopic (exact) mass is 709 g/mol. The van der Waals surface area contributed by atoms with Crippen molar-refractivity contribution in [1.29, 1.82) is 0 Å². The van der Waals surface area contributed by atoms with E-state index < -0.39 is 16.1 Å². The molecule has 3 heterocycles. The third kappa shape index (κ3) is 7.56. The number of rotatable bonds is 7. The maximum absolute atomic E-state index is 14.6. The SMILES string of the molecule is Cc1cccc(C)c1-c1cc2nc(n1)NS(=O)(=O)c1cccc(c1)C(=O)N(Cc1cncc(N(C)C3CC4(CC4)C3)n1)[C@H](CCC(C)(C)C)CO2. The van der Waals surface area contributed by atoms with E-state index in [-0.39, 0.29) is 46.8 Å². The summed E-state index contributed by atoms with van der Waals surface area (Å²) >= 11 is 0. The van der Waals surface area contributed by atoms with Crippen molar-refractivity contribution in [3.05, 3.63) is 83.3 Å². The van der Waals surface area contributed by atoms with Crippen LogP contribution in [-0.2, 0) is 16.6 Å². The van der Waals surface area contributed by atoms with Gasteiger partial charge >= 0.3 is 0 Å². The Morgan fingerprint density at radius 1 is 1.00 bits per heavy atom. The van der Waals surface area contributed by atoms with Crippen LogP contribution in [0.4, 0.5) is 11.8 Å². The number of fused-ring (bicyclic) bond motifs is 4. The molecule has 7 rings (SSSR count). The summed E-state index contributed by atoms with van der Waals surface area (Å²) in [7, 11) is -2.10. The molecule has 4 bridgehead atoms. The van der Waals surface area contributed by atoms with Crippen LogP contribution in [0.1, 0.15) is 86.5 Å². The summed E-state index contributed by atoms with van der Waals surface area (Å²) in [5, 5.41) is 0. The molecule has 0 saturated heterocycles. The minimum atomic E-state index is -4.17. The Balaban J connectivity index is 1.29. The van der Waals surface area contributed by atoms with Crippen molar-refractivity contribution in [2.75, 3.05) is 23.3 Å². The van der Waals surface area contributed by atoms with E-state index >= 15 is 0 Å². The third-order valence-electron chi connectivity index (χ3n) is 10.6. The van der Waals surface area contributed by atoms with Crippen LogP contribution in [0.5, 0.6) is 5.88 Å². The predicted octanol–water partition coefficient (Wildman–Crippen LogP) is 6.96. The first-order valence-electron chi connectivity index (χ1n) is 17.7. The molecule has 0 unspecified atom stereocenters. The molecule has 1 atom stereocenters. The van der Waals surface area contributed by atoms with E-state index in [0.717, 1.165) is 28.9 Å². The lowest BCUT2D eigenvalue weighted by atomic mass is 9.76. The number of anilines is 2. The van der Waals surface area contributed by atoms with Gasteiger partial charge in [-0.05, 0) is 92.5 Å². The topological polar surface area (TPSA) is 131 Å². The van der Waals surface area contributed by atoms with Gasteiger partial charge in [0.2, 0.25) is 11.8 Å². The normalized spacial score (nSPS) is 19.5. The molecule has 2 fully saturated rings. The number of hydrogen-bond acceptors (Lipinski definition) is 9. The molecule has 2 aromatic heterocycles. The maximum atomic E-state index is 14.6. The van der Waals surface area contributed by atoms with Gasteiger partial charge in [0.1, 0.15) is 12.4 Å². The second-order valence-electron chi connectivity index (χ2n) is 15.9. The molecule has 11 nitrogen and oxygen atoms in total. The number of amides is 1. The van der Waals surface area contributed by atoms with Gasteiger partial charge in [0.25, 0.3) is 15.9 Å². The zero-order valence-corrected chi connectivity index (χ0v) is 31.1. The van der Waals surface area contributed by atoms with Crippen molar-refractivity contribution >= 4 is 27.7 Å². The van der Waals surface area contributed by atoms with Crippen LogP contribution in [0.2, 0.25) is 0 Å². The Kier molecular flexibility index (Phi) is 9.02. The lowest BCUT2D eigenvalue weighted by molar-refractivity contribution is 0.0549. The van der Waals surface area contributed by atoms with E-state index in [1.807, 2.05) is 32.0 Å². The lowest BCUT2D eigenvalue weighted by Crippen LogP contribution is -2.45. The molecule has 12 heteroatoms. The summed E-state index contributed by atoms with van der Waals surface area (Å²) in [6, 6.07) is 13.8. The standard InChI is InChI=1S/C39H47N7O4S/c1-25-9-7-10-26(2)35(25)32-18-34-43-37(42-32)44-51(48,49)31-12-8-11-27(17-31)36(47)46(29(24-50-34)13-14-38(3,4)5)23-28-21-40-22-33(41-28)45(6)30-19-39(20-30)15-16-39/h7-12,17-18,21-22,29-30H,13-16,19-20,23-24H2,1-6H3,(H,42,43,44)/t29-/m1/s1. The van der Waals surface area contributed by atoms with E-state index in [4.69, 9.17) is 9.72 Å². The van der Waals surface area contributed by atoms with Crippen LogP contribution >= 0.6 is 0 Å². The van der Waals surface area contributed by atoms with Gasteiger partial charge in [0, 0.05) is 30.3 Å². The smallest absolute Gasteiger partial charge is 0.264 e. The van der Waals surface area contributed by atoms with E-state index in [1.54, 1.807) is 35.5 Å². The highest BCUT2D eigenvalue weighted by atomic mass is 32.2. The Bertz CT molecular complexity index is 2050. The summed E-state index contributed by atoms with van der Waals surface area (Å²) in [6.07, 6.45) is 9.91. The molecule has 268 valence electrons. The van der Waals surface area contributed by atoms with Crippen LogP contribution < -0.4 is 14.4 Å². The van der Waals surface area contributed by atoms with Crippen LogP contribution in [-0.4, -0.2) is 64.9 Å². The summed E-state index contributed by atoms with van der Waals surface area (Å²) in [5.41, 5.74) is 4.79. The zero-order chi connectivity index (χ0) is 36.1. The Morgan fingerprint density at radius 2 is 1.73 bits per heavy atom. The van der Waals surface area contributed by atoms with Crippen molar-refractivity contribution in [2.24, 2.45) is 10.8 Å². The third-order valence-corrected chi connectivity index (χ3v) is 11.9. The van der Waals surface area contributed by atoms with E-state index in [1.165, 1.54) is 37.8 Å². The van der Waals surface area contributed by atoms with Crippen molar-refractivity contribution in [1.82, 2.24) is 24.8 Å². The van der Waals surface area contributed by atoms with Gasteiger partial charge in [0.05, 0.1) is 41.3 Å². The molecule has 4 aromatic rings. The lowest BCUT2D eigenvalue weighted by Gasteiger charge is -2.42. The van der Waals surface area contributed by atoms with Crippen molar-refractivity contribution in [3.63, 3.8) is 0 Å². The number of nitrogens with zero attached hydrogens (tertiary/aromatic N) is 6. The van der Waals surface area contributed by atoms with Crippen LogP contribution in [0.3, 0.4) is 0 Å². The molecule has 2 saturated carbocycles. The number of ether oxygens (including phenoxy) is 1. The molecule has 3 aliphatic rings. The van der Waals surface area contributed by atoms with E-state index in [9.17, 15) is 13.2 Å². The van der Waals surface area contributed by atoms with Gasteiger partial charge in [0.15, 0.2) is 0 Å². The number of aromatic nitrogens is 4. The second-order valence-corrected chi connectivity index (χ2v) is 17.5. The van der Waals surface area contributed by atoms with Crippen LogP contribution in [0.15, 0.2) is 65.8 Å². The van der Waals surface area contributed by atoms with Gasteiger partial charge in [-0.25, -0.2) is 23.1 Å². The highest BCUT2D eigenvalue weighted by Gasteiger charge is 2.54. The molecule has 2 aliphatic carbocycles. The quantitative estimate of drug-likeness (QED) is 0.216. The van der Waals surface area contributed by atoms with E-state index in [0.29, 0.717) is 29.3 Å². The summed E-state index contributed by atoms with van der Waals surface area (Å²) in [4.78, 5) is 37.2. The minimum absolute atomic E-state index is 0.0183. The minimum Gasteiger partial charge on any atom is -0.475 e. The fourth-order valence-electron chi connectivity index (χ4n) is 7.31. The molecule has 1 amide bonds. The van der Waals surface area contributed by atoms with Crippen LogP contribution in [0, 0.1) is 24.7 Å². The molecule has 1 N–H and O–H groups in total. The molecule has 51 heavy (non-hydrogen) atoms. The molecular formula is C39H47N7O4S. The van der Waals surface area contributed by atoms with Crippen molar-refractivity contribution in [3.8, 4) is 17.1 Å². The summed E-state index contributed by atoms with van der Waals surface area (Å²) in [5.74, 6) is 0.551. The fraction of sp³-hybridized carbons (Fsp3) is 0.462. The zero-order valence-electron chi connectivity index (χ0n) is 30.3. The largest absolute Gasteiger partial charge is 0.475 e. The molecule has 0 radical (unpaired) electrons. The molecule has 1 spiro atoms. The fourth-order valence-corrected chi connectivity index (χ4v) is 8.30. The first kappa shape index (κ1) is 34.9. The van der Waals surface area contributed by atoms with Crippen LogP contribution in [0.25, 0.3) is 11.3 Å². The van der Waals surface area contributed by atoms with Gasteiger partial charge < -0.3 is 14.5 Å². The first-order valence-corrected chi connectivity index (χ1v) is 19.2. The highest BCUT2D eigenvalue weighted by molar-refractivity contribution is 7.92. The first-order chi connectivity index (χ1) is 24.2. The predicted molar refractivity (Wildman–Crippen MR) is 197 cm³/mol. The maximum Gasteiger partial charge on any atom is 0.264 e. The highest BCUT2D eigenvalue weighted by Crippen LogP contribution is 2.61. The van der Waals surface area contributed by atoms with Gasteiger partial charge in [-0.2, -0.15) is 4.98 Å². The average molecular weight is 710 g/mol. The summed E-state index contributed by atoms with van der Waals surface area (Å²) < 4.78 is 36.5. The number of aryl methyl sites for hydroxylation is 2. The van der Waals surface area contributed by atoms with Gasteiger partial charge in [-0.1, -0.05) is 45.0 Å². The second kappa shape index (κ2) is 13.2. The number of hydrogen-bond donors (Lipinski definition) is 1. The molecule has 1 aliphatic heterocycles.